The van der Waals surface area contributed by atoms with Crippen LogP contribution in [0.5, 0.6) is 0 Å². The zero-order valence-electron chi connectivity index (χ0n) is 11.1. The van der Waals surface area contributed by atoms with Crippen molar-refractivity contribution in [1.29, 1.82) is 0 Å². The van der Waals surface area contributed by atoms with Crippen molar-refractivity contribution >= 4 is 17.4 Å². The highest BCUT2D eigenvalue weighted by Crippen LogP contribution is 2.21. The summed E-state index contributed by atoms with van der Waals surface area (Å²) in [6.07, 6.45) is 0. The van der Waals surface area contributed by atoms with Gasteiger partial charge in [-0.25, -0.2) is 4.98 Å². The van der Waals surface area contributed by atoms with E-state index in [9.17, 15) is 4.79 Å². The van der Waals surface area contributed by atoms with Crippen molar-refractivity contribution in [3.05, 3.63) is 76.3 Å². The first-order chi connectivity index (χ1) is 9.74. The predicted octanol–water partition coefficient (Wildman–Crippen LogP) is 3.30. The van der Waals surface area contributed by atoms with Gasteiger partial charge in [-0.05, 0) is 31.2 Å². The Hall–Kier alpha value is -2.07. The summed E-state index contributed by atoms with van der Waals surface area (Å²) >= 11 is 1.68. The molecule has 2 heterocycles. The Morgan fingerprint density at radius 2 is 1.90 bits per heavy atom. The number of aromatic nitrogens is 2. The van der Waals surface area contributed by atoms with E-state index < -0.39 is 0 Å². The zero-order valence-corrected chi connectivity index (χ0v) is 11.9. The van der Waals surface area contributed by atoms with Gasteiger partial charge in [0, 0.05) is 22.4 Å². The summed E-state index contributed by atoms with van der Waals surface area (Å²) in [5.41, 5.74) is 2.41. The first kappa shape index (κ1) is 12.9. The molecule has 3 rings (SSSR count). The molecule has 0 fully saturated rings. The SMILES string of the molecule is Cc1cccc2nc(CSc3ccccc3)cc(=O)n12. The van der Waals surface area contributed by atoms with Gasteiger partial charge in [0.2, 0.25) is 0 Å². The Morgan fingerprint density at radius 3 is 2.70 bits per heavy atom. The van der Waals surface area contributed by atoms with E-state index in [0.29, 0.717) is 11.4 Å². The number of nitrogens with zero attached hydrogens (tertiary/aromatic N) is 2. The molecule has 0 spiro atoms. The lowest BCUT2D eigenvalue weighted by Gasteiger charge is -2.06. The lowest BCUT2D eigenvalue weighted by atomic mass is 10.3. The van der Waals surface area contributed by atoms with Crippen LogP contribution in [0.15, 0.2) is 64.3 Å². The van der Waals surface area contributed by atoms with Crippen molar-refractivity contribution < 1.29 is 0 Å². The van der Waals surface area contributed by atoms with Gasteiger partial charge in [-0.2, -0.15) is 0 Å². The topological polar surface area (TPSA) is 34.4 Å². The van der Waals surface area contributed by atoms with Crippen LogP contribution in [-0.2, 0) is 5.75 Å². The summed E-state index contributed by atoms with van der Waals surface area (Å²) in [4.78, 5) is 17.9. The van der Waals surface area contributed by atoms with Gasteiger partial charge in [0.15, 0.2) is 0 Å². The molecule has 0 aliphatic carbocycles. The number of thioether (sulfide) groups is 1. The Balaban J connectivity index is 1.92. The summed E-state index contributed by atoms with van der Waals surface area (Å²) < 4.78 is 1.64. The van der Waals surface area contributed by atoms with Gasteiger partial charge < -0.3 is 0 Å². The highest BCUT2D eigenvalue weighted by Gasteiger charge is 2.04. The largest absolute Gasteiger partial charge is 0.269 e. The highest BCUT2D eigenvalue weighted by atomic mass is 32.2. The summed E-state index contributed by atoms with van der Waals surface area (Å²) in [6, 6.07) is 17.4. The third-order valence-electron chi connectivity index (χ3n) is 3.06. The average molecular weight is 282 g/mol. The zero-order chi connectivity index (χ0) is 13.9. The van der Waals surface area contributed by atoms with Gasteiger partial charge in [0.1, 0.15) is 5.65 Å². The number of fused-ring (bicyclic) bond motifs is 1. The van der Waals surface area contributed by atoms with Gasteiger partial charge >= 0.3 is 0 Å². The van der Waals surface area contributed by atoms with Crippen molar-refractivity contribution in [1.82, 2.24) is 9.38 Å². The molecule has 100 valence electrons. The van der Waals surface area contributed by atoms with E-state index in [0.717, 1.165) is 11.4 Å². The van der Waals surface area contributed by atoms with Crippen LogP contribution in [0.2, 0.25) is 0 Å². The molecule has 0 aliphatic rings. The lowest BCUT2D eigenvalue weighted by Crippen LogP contribution is -2.17. The Bertz CT molecular complexity index is 796. The Labute approximate surface area is 121 Å². The molecule has 4 heteroatoms. The minimum atomic E-state index is -0.0169. The molecule has 0 saturated carbocycles. The van der Waals surface area contributed by atoms with Gasteiger partial charge in [0.05, 0.1) is 5.69 Å². The molecule has 3 nitrogen and oxygen atoms in total. The van der Waals surface area contributed by atoms with E-state index >= 15 is 0 Å². The van der Waals surface area contributed by atoms with Crippen molar-refractivity contribution in [3.63, 3.8) is 0 Å². The van der Waals surface area contributed by atoms with Crippen molar-refractivity contribution in [3.8, 4) is 0 Å². The van der Waals surface area contributed by atoms with E-state index in [1.54, 1.807) is 22.2 Å². The quantitative estimate of drug-likeness (QED) is 0.691. The smallest absolute Gasteiger partial charge is 0.258 e. The Kier molecular flexibility index (Phi) is 3.56. The van der Waals surface area contributed by atoms with Crippen LogP contribution in [0.1, 0.15) is 11.4 Å². The number of hydrogen-bond donors (Lipinski definition) is 0. The van der Waals surface area contributed by atoms with Crippen LogP contribution in [-0.4, -0.2) is 9.38 Å². The van der Waals surface area contributed by atoms with Gasteiger partial charge in [0.25, 0.3) is 5.56 Å². The molecule has 0 unspecified atom stereocenters. The maximum atomic E-state index is 12.1. The third-order valence-corrected chi connectivity index (χ3v) is 4.11. The second-order valence-corrected chi connectivity index (χ2v) is 5.60. The second-order valence-electron chi connectivity index (χ2n) is 4.55. The van der Waals surface area contributed by atoms with Crippen LogP contribution < -0.4 is 5.56 Å². The monoisotopic (exact) mass is 282 g/mol. The molecular formula is C16H14N2OS. The van der Waals surface area contributed by atoms with E-state index in [4.69, 9.17) is 0 Å². The summed E-state index contributed by atoms with van der Waals surface area (Å²) in [5.74, 6) is 0.698. The fourth-order valence-corrected chi connectivity index (χ4v) is 2.92. The highest BCUT2D eigenvalue weighted by molar-refractivity contribution is 7.98. The fraction of sp³-hybridized carbons (Fsp3) is 0.125. The standard InChI is InChI=1S/C16H14N2OS/c1-12-6-5-9-15-17-13(10-16(19)18(12)15)11-20-14-7-3-2-4-8-14/h2-10H,11H2,1H3. The Morgan fingerprint density at radius 1 is 1.10 bits per heavy atom. The minimum absolute atomic E-state index is 0.0169. The molecule has 0 saturated heterocycles. The molecule has 0 radical (unpaired) electrons. The minimum Gasteiger partial charge on any atom is -0.269 e. The molecule has 0 amide bonds. The molecule has 1 aromatic carbocycles. The molecule has 20 heavy (non-hydrogen) atoms. The van der Waals surface area contributed by atoms with E-state index in [1.165, 1.54) is 4.90 Å². The summed E-state index contributed by atoms with van der Waals surface area (Å²) in [5, 5.41) is 0. The maximum absolute atomic E-state index is 12.1. The summed E-state index contributed by atoms with van der Waals surface area (Å²) in [6.45, 7) is 1.91. The molecule has 0 atom stereocenters. The molecule has 0 bridgehead atoms. The molecule has 2 aromatic heterocycles. The second kappa shape index (κ2) is 5.51. The molecule has 0 aliphatic heterocycles. The molecule has 3 aromatic rings. The van der Waals surface area contributed by atoms with E-state index in [-0.39, 0.29) is 5.56 Å². The average Bonchev–Trinajstić information content (AvgIpc) is 2.46. The first-order valence-corrected chi connectivity index (χ1v) is 7.39. The molecule has 0 N–H and O–H groups in total. The lowest BCUT2D eigenvalue weighted by molar-refractivity contribution is 0.968. The number of hydrogen-bond acceptors (Lipinski definition) is 3. The van der Waals surface area contributed by atoms with Gasteiger partial charge in [-0.15, -0.1) is 11.8 Å². The van der Waals surface area contributed by atoms with Crippen LogP contribution in [0.3, 0.4) is 0 Å². The van der Waals surface area contributed by atoms with Crippen LogP contribution >= 0.6 is 11.8 Å². The fourth-order valence-electron chi connectivity index (χ4n) is 2.11. The van der Waals surface area contributed by atoms with Gasteiger partial charge in [-0.1, -0.05) is 24.3 Å². The number of rotatable bonds is 3. The maximum Gasteiger partial charge on any atom is 0.258 e. The van der Waals surface area contributed by atoms with Crippen LogP contribution in [0.4, 0.5) is 0 Å². The van der Waals surface area contributed by atoms with Crippen molar-refractivity contribution in [2.24, 2.45) is 0 Å². The summed E-state index contributed by atoms with van der Waals surface area (Å²) in [7, 11) is 0. The number of pyridine rings is 1. The number of benzene rings is 1. The number of aryl methyl sites for hydroxylation is 1. The van der Waals surface area contributed by atoms with E-state index in [1.807, 2.05) is 43.3 Å². The van der Waals surface area contributed by atoms with E-state index in [2.05, 4.69) is 17.1 Å². The van der Waals surface area contributed by atoms with Crippen LogP contribution in [0.25, 0.3) is 5.65 Å². The molecular weight excluding hydrogens is 268 g/mol. The first-order valence-electron chi connectivity index (χ1n) is 6.40. The normalized spacial score (nSPS) is 10.8. The van der Waals surface area contributed by atoms with Crippen molar-refractivity contribution in [2.75, 3.05) is 0 Å². The van der Waals surface area contributed by atoms with Crippen molar-refractivity contribution in [2.45, 2.75) is 17.6 Å². The van der Waals surface area contributed by atoms with Crippen LogP contribution in [0, 0.1) is 6.92 Å². The third kappa shape index (κ3) is 2.60. The predicted molar refractivity (Wildman–Crippen MR) is 82.2 cm³/mol. The van der Waals surface area contributed by atoms with Gasteiger partial charge in [-0.3, -0.25) is 9.20 Å².